The number of aromatic nitrogens is 1. The molecular weight excluding hydrogens is 374 g/mol. The largest absolute Gasteiger partial charge is 0.352 e. The smallest absolute Gasteiger partial charge is 0.233 e. The van der Waals surface area contributed by atoms with Crippen molar-refractivity contribution in [3.63, 3.8) is 0 Å². The number of thiazole rings is 1. The quantitative estimate of drug-likeness (QED) is 0.641. The van der Waals surface area contributed by atoms with Crippen molar-refractivity contribution in [1.29, 1.82) is 0 Å². The molecule has 0 bridgehead atoms. The average Bonchev–Trinajstić information content (AvgIpc) is 3.13. The minimum atomic E-state index is -0.0882. The van der Waals surface area contributed by atoms with Crippen molar-refractivity contribution in [1.82, 2.24) is 10.3 Å². The fourth-order valence-electron chi connectivity index (χ4n) is 3.29. The standard InChI is InChI=1S/C21H23N3OS2/c1-15(26-17-7-3-2-4-8-17)20(25)22-16-11-13-24(14-12-16)21-23-18-9-5-6-10-19(18)27-21/h2-10,15-16H,11-14H2,1H3,(H,22,25). The van der Waals surface area contributed by atoms with Crippen LogP contribution < -0.4 is 10.2 Å². The Bertz CT molecular complexity index is 871. The fourth-order valence-corrected chi connectivity index (χ4v) is 5.20. The Morgan fingerprint density at radius 3 is 2.59 bits per heavy atom. The molecule has 0 aliphatic carbocycles. The highest BCUT2D eigenvalue weighted by molar-refractivity contribution is 8.00. The number of carbonyl (C=O) groups is 1. The van der Waals surface area contributed by atoms with Crippen LogP contribution in [0.5, 0.6) is 0 Å². The first-order valence-electron chi connectivity index (χ1n) is 9.31. The van der Waals surface area contributed by atoms with Crippen molar-refractivity contribution in [3.8, 4) is 0 Å². The van der Waals surface area contributed by atoms with E-state index in [1.165, 1.54) is 4.70 Å². The number of carbonyl (C=O) groups excluding carboxylic acids is 1. The van der Waals surface area contributed by atoms with Crippen LogP contribution in [0, 0.1) is 0 Å². The first-order valence-corrected chi connectivity index (χ1v) is 11.0. The second-order valence-corrected chi connectivity index (χ2v) is 9.23. The zero-order chi connectivity index (χ0) is 18.6. The summed E-state index contributed by atoms with van der Waals surface area (Å²) in [4.78, 5) is 20.8. The van der Waals surface area contributed by atoms with Crippen LogP contribution in [0.15, 0.2) is 59.5 Å². The first-order chi connectivity index (χ1) is 13.2. The summed E-state index contributed by atoms with van der Waals surface area (Å²) in [5.74, 6) is 0.127. The van der Waals surface area contributed by atoms with E-state index in [4.69, 9.17) is 4.98 Å². The van der Waals surface area contributed by atoms with Gasteiger partial charge in [-0.2, -0.15) is 0 Å². The summed E-state index contributed by atoms with van der Waals surface area (Å²) in [5, 5.41) is 4.24. The van der Waals surface area contributed by atoms with Crippen LogP contribution in [0.25, 0.3) is 10.2 Å². The van der Waals surface area contributed by atoms with Gasteiger partial charge < -0.3 is 10.2 Å². The Kier molecular flexibility index (Phi) is 5.64. The molecule has 2 aromatic carbocycles. The third-order valence-electron chi connectivity index (χ3n) is 4.82. The van der Waals surface area contributed by atoms with Crippen LogP contribution >= 0.6 is 23.1 Å². The van der Waals surface area contributed by atoms with Gasteiger partial charge in [-0.25, -0.2) is 4.98 Å². The van der Waals surface area contributed by atoms with Gasteiger partial charge in [-0.3, -0.25) is 4.79 Å². The van der Waals surface area contributed by atoms with Crippen LogP contribution in [0.2, 0.25) is 0 Å². The summed E-state index contributed by atoms with van der Waals surface area (Å²) in [5.41, 5.74) is 1.07. The Labute approximate surface area is 168 Å². The van der Waals surface area contributed by atoms with Crippen molar-refractivity contribution in [2.45, 2.75) is 36.0 Å². The van der Waals surface area contributed by atoms with Gasteiger partial charge in [-0.15, -0.1) is 11.8 Å². The van der Waals surface area contributed by atoms with Crippen molar-refractivity contribution in [2.24, 2.45) is 0 Å². The molecule has 4 nitrogen and oxygen atoms in total. The maximum Gasteiger partial charge on any atom is 0.233 e. The lowest BCUT2D eigenvalue weighted by Crippen LogP contribution is -2.46. The van der Waals surface area contributed by atoms with E-state index in [2.05, 4.69) is 28.4 Å². The Hall–Kier alpha value is -2.05. The predicted octanol–water partition coefficient (Wildman–Crippen LogP) is 4.56. The topological polar surface area (TPSA) is 45.2 Å². The number of anilines is 1. The molecule has 1 aliphatic rings. The Morgan fingerprint density at radius 2 is 1.85 bits per heavy atom. The Balaban J connectivity index is 1.29. The zero-order valence-corrected chi connectivity index (χ0v) is 16.9. The minimum Gasteiger partial charge on any atom is -0.352 e. The minimum absolute atomic E-state index is 0.0882. The molecule has 1 fully saturated rings. The maximum absolute atomic E-state index is 12.5. The highest BCUT2D eigenvalue weighted by Crippen LogP contribution is 2.30. The number of rotatable bonds is 5. The first kappa shape index (κ1) is 18.3. The molecule has 140 valence electrons. The number of benzene rings is 2. The number of hydrogen-bond donors (Lipinski definition) is 1. The molecule has 27 heavy (non-hydrogen) atoms. The second-order valence-electron chi connectivity index (χ2n) is 6.81. The van der Waals surface area contributed by atoms with Gasteiger partial charge in [0.15, 0.2) is 5.13 Å². The van der Waals surface area contributed by atoms with Crippen LogP contribution in [0.1, 0.15) is 19.8 Å². The van der Waals surface area contributed by atoms with Crippen LogP contribution in [0.4, 0.5) is 5.13 Å². The number of nitrogens with zero attached hydrogens (tertiary/aromatic N) is 2. The Morgan fingerprint density at radius 1 is 1.15 bits per heavy atom. The molecule has 4 rings (SSSR count). The molecule has 1 saturated heterocycles. The predicted molar refractivity (Wildman–Crippen MR) is 115 cm³/mol. The molecule has 1 amide bonds. The molecule has 2 heterocycles. The van der Waals surface area contributed by atoms with Crippen LogP contribution in [-0.2, 0) is 4.79 Å². The maximum atomic E-state index is 12.5. The molecule has 1 aromatic heterocycles. The fraction of sp³-hybridized carbons (Fsp3) is 0.333. The van der Waals surface area contributed by atoms with Crippen molar-refractivity contribution in [3.05, 3.63) is 54.6 Å². The lowest BCUT2D eigenvalue weighted by atomic mass is 10.1. The highest BCUT2D eigenvalue weighted by Gasteiger charge is 2.24. The summed E-state index contributed by atoms with van der Waals surface area (Å²) in [6.45, 7) is 3.85. The van der Waals surface area contributed by atoms with Gasteiger partial charge in [0.05, 0.1) is 15.5 Å². The van der Waals surface area contributed by atoms with E-state index >= 15 is 0 Å². The van der Waals surface area contributed by atoms with E-state index in [0.717, 1.165) is 41.5 Å². The molecular formula is C21H23N3OS2. The number of hydrogen-bond acceptors (Lipinski definition) is 5. The van der Waals surface area contributed by atoms with Crippen LogP contribution in [0.3, 0.4) is 0 Å². The summed E-state index contributed by atoms with van der Waals surface area (Å²) in [7, 11) is 0. The summed E-state index contributed by atoms with van der Waals surface area (Å²) >= 11 is 3.36. The molecule has 1 unspecified atom stereocenters. The normalized spacial score (nSPS) is 16.4. The molecule has 3 aromatic rings. The van der Waals surface area contributed by atoms with E-state index in [1.807, 2.05) is 43.3 Å². The molecule has 6 heteroatoms. The molecule has 0 spiro atoms. The lowest BCUT2D eigenvalue weighted by molar-refractivity contribution is -0.121. The third-order valence-corrected chi connectivity index (χ3v) is 7.03. The van der Waals surface area contributed by atoms with Crippen molar-refractivity contribution >= 4 is 44.4 Å². The third kappa shape index (κ3) is 4.45. The van der Waals surface area contributed by atoms with Gasteiger partial charge in [0.2, 0.25) is 5.91 Å². The van der Waals surface area contributed by atoms with Crippen molar-refractivity contribution in [2.75, 3.05) is 18.0 Å². The summed E-state index contributed by atoms with van der Waals surface area (Å²) in [6, 6.07) is 18.6. The van der Waals surface area contributed by atoms with Gasteiger partial charge in [0, 0.05) is 24.0 Å². The summed E-state index contributed by atoms with van der Waals surface area (Å²) < 4.78 is 1.23. The van der Waals surface area contributed by atoms with Crippen molar-refractivity contribution < 1.29 is 4.79 Å². The monoisotopic (exact) mass is 397 g/mol. The van der Waals surface area contributed by atoms with Gasteiger partial charge in [0.1, 0.15) is 0 Å². The van der Waals surface area contributed by atoms with Gasteiger partial charge in [0.25, 0.3) is 0 Å². The van der Waals surface area contributed by atoms with E-state index in [9.17, 15) is 4.79 Å². The SMILES string of the molecule is CC(Sc1ccccc1)C(=O)NC1CCN(c2nc3ccccc3s2)CC1. The number of nitrogens with one attached hydrogen (secondary N) is 1. The number of fused-ring (bicyclic) bond motifs is 1. The molecule has 0 radical (unpaired) electrons. The van der Waals surface area contributed by atoms with Gasteiger partial charge in [-0.1, -0.05) is 41.7 Å². The van der Waals surface area contributed by atoms with E-state index in [-0.39, 0.29) is 17.2 Å². The number of piperidine rings is 1. The van der Waals surface area contributed by atoms with Crippen LogP contribution in [-0.4, -0.2) is 35.3 Å². The zero-order valence-electron chi connectivity index (χ0n) is 15.3. The lowest BCUT2D eigenvalue weighted by Gasteiger charge is -2.32. The number of thioether (sulfide) groups is 1. The van der Waals surface area contributed by atoms with E-state index in [0.29, 0.717) is 0 Å². The average molecular weight is 398 g/mol. The molecule has 1 atom stereocenters. The van der Waals surface area contributed by atoms with Gasteiger partial charge >= 0.3 is 0 Å². The van der Waals surface area contributed by atoms with E-state index in [1.54, 1.807) is 23.1 Å². The van der Waals surface area contributed by atoms with Gasteiger partial charge in [-0.05, 0) is 44.0 Å². The second kappa shape index (κ2) is 8.31. The highest BCUT2D eigenvalue weighted by atomic mass is 32.2. The molecule has 1 N–H and O–H groups in total. The molecule has 1 aliphatic heterocycles. The summed E-state index contributed by atoms with van der Waals surface area (Å²) in [6.07, 6.45) is 1.93. The molecule has 0 saturated carbocycles. The number of amides is 1. The number of para-hydroxylation sites is 1. The van der Waals surface area contributed by atoms with E-state index < -0.39 is 0 Å².